The molecule has 1 aromatic carbocycles. The van der Waals surface area contributed by atoms with Crippen LogP contribution in [0.15, 0.2) is 23.2 Å². The molecular weight excluding hydrogens is 257 g/mol. The molecule has 1 unspecified atom stereocenters. The van der Waals surface area contributed by atoms with Crippen LogP contribution in [0.2, 0.25) is 5.02 Å². The van der Waals surface area contributed by atoms with E-state index in [1.54, 1.807) is 6.92 Å². The number of aliphatic imine (C=N–C) groups is 1. The summed E-state index contributed by atoms with van der Waals surface area (Å²) in [6.07, 6.45) is 0. The number of guanidine groups is 1. The molecule has 4 nitrogen and oxygen atoms in total. The second-order valence-electron chi connectivity index (χ2n) is 4.15. The average Bonchev–Trinajstić information content (AvgIpc) is 2.55. The van der Waals surface area contributed by atoms with E-state index in [2.05, 4.69) is 15.6 Å². The zero-order chi connectivity index (χ0) is 13.3. The van der Waals surface area contributed by atoms with Crippen molar-refractivity contribution in [3.8, 4) is 0 Å². The number of hydrogen-bond acceptors (Lipinski definition) is 2. The number of carbonyl (C=O) groups is 1. The lowest BCUT2D eigenvalue weighted by molar-refractivity contribution is -0.123. The Bertz CT molecular complexity index is 532. The van der Waals surface area contributed by atoms with Crippen molar-refractivity contribution in [3.63, 3.8) is 0 Å². The molecule has 1 atom stereocenters. The SMILES string of the molecule is CCN=C1NC(=O)C(C)(c2ccc(F)cc2Cl)N1. The van der Waals surface area contributed by atoms with Gasteiger partial charge in [-0.15, -0.1) is 0 Å². The molecule has 0 spiro atoms. The first-order valence-corrected chi connectivity index (χ1v) is 5.95. The molecule has 18 heavy (non-hydrogen) atoms. The summed E-state index contributed by atoms with van der Waals surface area (Å²) in [7, 11) is 0. The summed E-state index contributed by atoms with van der Waals surface area (Å²) in [6, 6.07) is 3.96. The maximum absolute atomic E-state index is 13.0. The van der Waals surface area contributed by atoms with E-state index in [9.17, 15) is 9.18 Å². The lowest BCUT2D eigenvalue weighted by Crippen LogP contribution is -2.41. The first kappa shape index (κ1) is 12.8. The van der Waals surface area contributed by atoms with Crippen molar-refractivity contribution in [2.24, 2.45) is 4.99 Å². The first-order valence-electron chi connectivity index (χ1n) is 5.57. The number of benzene rings is 1. The molecule has 0 saturated carbocycles. The van der Waals surface area contributed by atoms with Gasteiger partial charge in [-0.2, -0.15) is 0 Å². The van der Waals surface area contributed by atoms with E-state index < -0.39 is 11.4 Å². The first-order chi connectivity index (χ1) is 8.47. The molecule has 0 aromatic heterocycles. The lowest BCUT2D eigenvalue weighted by atomic mass is 9.92. The third-order valence-electron chi connectivity index (χ3n) is 2.84. The third kappa shape index (κ3) is 2.06. The minimum Gasteiger partial charge on any atom is -0.338 e. The number of carbonyl (C=O) groups excluding carboxylic acids is 1. The van der Waals surface area contributed by atoms with Crippen molar-refractivity contribution < 1.29 is 9.18 Å². The monoisotopic (exact) mass is 269 g/mol. The number of nitrogens with one attached hydrogen (secondary N) is 2. The standard InChI is InChI=1S/C12H13ClFN3O/c1-3-15-11-16-10(18)12(2,17-11)8-5-4-7(14)6-9(8)13/h4-6H,3H2,1-2H3,(H2,15,16,17,18). The molecule has 2 N–H and O–H groups in total. The highest BCUT2D eigenvalue weighted by Gasteiger charge is 2.43. The summed E-state index contributed by atoms with van der Waals surface area (Å²) in [5.41, 5.74) is -0.511. The van der Waals surface area contributed by atoms with Gasteiger partial charge in [-0.25, -0.2) is 4.39 Å². The Balaban J connectivity index is 2.43. The highest BCUT2D eigenvalue weighted by molar-refractivity contribution is 6.32. The zero-order valence-electron chi connectivity index (χ0n) is 10.1. The fourth-order valence-electron chi connectivity index (χ4n) is 1.88. The predicted octanol–water partition coefficient (Wildman–Crippen LogP) is 1.79. The van der Waals surface area contributed by atoms with Crippen LogP contribution in [0.5, 0.6) is 0 Å². The summed E-state index contributed by atoms with van der Waals surface area (Å²) in [5.74, 6) is -0.290. The topological polar surface area (TPSA) is 53.5 Å². The molecule has 96 valence electrons. The van der Waals surface area contributed by atoms with E-state index in [-0.39, 0.29) is 10.9 Å². The molecule has 2 rings (SSSR count). The summed E-state index contributed by atoms with van der Waals surface area (Å²) in [6.45, 7) is 4.09. The van der Waals surface area contributed by atoms with Gasteiger partial charge in [0.2, 0.25) is 0 Å². The van der Waals surface area contributed by atoms with Crippen molar-refractivity contribution in [2.75, 3.05) is 6.54 Å². The van der Waals surface area contributed by atoms with Crippen molar-refractivity contribution >= 4 is 23.5 Å². The fourth-order valence-corrected chi connectivity index (χ4v) is 2.24. The minimum absolute atomic E-state index is 0.206. The maximum Gasteiger partial charge on any atom is 0.256 e. The van der Waals surface area contributed by atoms with Crippen LogP contribution >= 0.6 is 11.6 Å². The number of nitrogens with zero attached hydrogens (tertiary/aromatic N) is 1. The normalized spacial score (nSPS) is 25.1. The fraction of sp³-hybridized carbons (Fsp3) is 0.333. The van der Waals surface area contributed by atoms with Gasteiger partial charge in [0.15, 0.2) is 5.96 Å². The molecule has 1 amide bonds. The van der Waals surface area contributed by atoms with Crippen molar-refractivity contribution in [1.82, 2.24) is 10.6 Å². The Morgan fingerprint density at radius 1 is 1.50 bits per heavy atom. The van der Waals surface area contributed by atoms with Crippen LogP contribution in [-0.2, 0) is 10.3 Å². The van der Waals surface area contributed by atoms with Gasteiger partial charge in [0.25, 0.3) is 5.91 Å². The Labute approximate surface area is 109 Å². The Morgan fingerprint density at radius 3 is 2.83 bits per heavy atom. The number of halogens is 2. The molecule has 0 bridgehead atoms. The quantitative estimate of drug-likeness (QED) is 0.860. The van der Waals surface area contributed by atoms with Gasteiger partial charge in [-0.1, -0.05) is 17.7 Å². The van der Waals surface area contributed by atoms with E-state index in [1.165, 1.54) is 18.2 Å². The molecule has 1 aliphatic rings. The summed E-state index contributed by atoms with van der Waals surface area (Å²) in [4.78, 5) is 16.1. The molecule has 1 fully saturated rings. The number of rotatable bonds is 2. The third-order valence-corrected chi connectivity index (χ3v) is 3.15. The van der Waals surface area contributed by atoms with Crippen molar-refractivity contribution in [3.05, 3.63) is 34.6 Å². The Morgan fingerprint density at radius 2 is 2.22 bits per heavy atom. The molecule has 0 aliphatic carbocycles. The van der Waals surface area contributed by atoms with Gasteiger partial charge in [0.1, 0.15) is 11.4 Å². The van der Waals surface area contributed by atoms with Crippen molar-refractivity contribution in [1.29, 1.82) is 0 Å². The second-order valence-corrected chi connectivity index (χ2v) is 4.56. The zero-order valence-corrected chi connectivity index (χ0v) is 10.8. The van der Waals surface area contributed by atoms with E-state index in [1.807, 2.05) is 6.92 Å². The average molecular weight is 270 g/mol. The Hall–Kier alpha value is -1.62. The highest BCUT2D eigenvalue weighted by atomic mass is 35.5. The summed E-state index contributed by atoms with van der Waals surface area (Å²) >= 11 is 5.99. The molecule has 0 radical (unpaired) electrons. The molecular formula is C12H13ClFN3O. The minimum atomic E-state index is -1.03. The summed E-state index contributed by atoms with van der Waals surface area (Å²) < 4.78 is 13.0. The Kier molecular flexibility index (Phi) is 3.26. The van der Waals surface area contributed by atoms with Crippen LogP contribution in [0, 0.1) is 5.82 Å². The highest BCUT2D eigenvalue weighted by Crippen LogP contribution is 2.30. The number of amides is 1. The van der Waals surface area contributed by atoms with E-state index in [4.69, 9.17) is 11.6 Å². The van der Waals surface area contributed by atoms with Crippen LogP contribution in [0.1, 0.15) is 19.4 Å². The van der Waals surface area contributed by atoms with E-state index in [0.717, 1.165) is 0 Å². The molecule has 1 saturated heterocycles. The van der Waals surface area contributed by atoms with E-state index >= 15 is 0 Å². The van der Waals surface area contributed by atoms with Crippen LogP contribution < -0.4 is 10.6 Å². The van der Waals surface area contributed by atoms with Crippen LogP contribution in [0.3, 0.4) is 0 Å². The van der Waals surface area contributed by atoms with Gasteiger partial charge >= 0.3 is 0 Å². The molecule has 1 aromatic rings. The number of hydrogen-bond donors (Lipinski definition) is 2. The molecule has 1 aliphatic heterocycles. The molecule has 1 heterocycles. The predicted molar refractivity (Wildman–Crippen MR) is 68.0 cm³/mol. The van der Waals surface area contributed by atoms with Gasteiger partial charge in [-0.05, 0) is 26.0 Å². The van der Waals surface area contributed by atoms with Gasteiger partial charge < -0.3 is 5.32 Å². The van der Waals surface area contributed by atoms with Crippen LogP contribution in [0.4, 0.5) is 4.39 Å². The van der Waals surface area contributed by atoms with Crippen LogP contribution in [-0.4, -0.2) is 18.4 Å². The molecule has 6 heteroatoms. The summed E-state index contributed by atoms with van der Waals surface area (Å²) in [5, 5.41) is 5.82. The lowest BCUT2D eigenvalue weighted by Gasteiger charge is -2.22. The van der Waals surface area contributed by atoms with Crippen LogP contribution in [0.25, 0.3) is 0 Å². The smallest absolute Gasteiger partial charge is 0.256 e. The second kappa shape index (κ2) is 4.57. The van der Waals surface area contributed by atoms with Gasteiger partial charge in [-0.3, -0.25) is 15.1 Å². The maximum atomic E-state index is 13.0. The van der Waals surface area contributed by atoms with Crippen molar-refractivity contribution in [2.45, 2.75) is 19.4 Å². The largest absolute Gasteiger partial charge is 0.338 e. The van der Waals surface area contributed by atoms with E-state index in [0.29, 0.717) is 18.1 Å². The van der Waals surface area contributed by atoms with Gasteiger partial charge in [0, 0.05) is 17.1 Å². The van der Waals surface area contributed by atoms with Gasteiger partial charge in [0.05, 0.1) is 0 Å².